The number of anilines is 1. The average molecular weight is 440 g/mol. The Morgan fingerprint density at radius 2 is 1.80 bits per heavy atom. The molecule has 1 aliphatic heterocycles. The van der Waals surface area contributed by atoms with Gasteiger partial charge in [0.2, 0.25) is 17.6 Å². The first kappa shape index (κ1) is 20.6. The maximum Gasteiger partial charge on any atom is 0.297 e. The number of allylic oxidation sites excluding steroid dienone is 1. The van der Waals surface area contributed by atoms with Crippen LogP contribution in [0.4, 0.5) is 23.5 Å². The summed E-state index contributed by atoms with van der Waals surface area (Å²) in [7, 11) is 0. The Morgan fingerprint density at radius 3 is 2.40 bits per heavy atom. The maximum atomic E-state index is 13.2. The lowest BCUT2D eigenvalue weighted by atomic mass is 9.96. The molecule has 0 fully saturated rings. The Kier molecular flexibility index (Phi) is 5.40. The summed E-state index contributed by atoms with van der Waals surface area (Å²) in [6.45, 7) is 4.15. The molecule has 1 aromatic carbocycles. The number of nitrogens with zero attached hydrogens (tertiary/aromatic N) is 4. The maximum absolute atomic E-state index is 13.2. The van der Waals surface area contributed by atoms with E-state index in [0.717, 1.165) is 27.7 Å². The first-order valence-electron chi connectivity index (χ1n) is 9.28. The Labute approximate surface area is 174 Å². The summed E-state index contributed by atoms with van der Waals surface area (Å²) in [6, 6.07) is 5.07. The first-order chi connectivity index (χ1) is 14.2. The number of fused-ring (bicyclic) bond motifs is 3. The molecule has 30 heavy (non-hydrogen) atoms. The number of alkyl halides is 4. The predicted molar refractivity (Wildman–Crippen MR) is 106 cm³/mol. The van der Waals surface area contributed by atoms with E-state index >= 15 is 0 Å². The molecule has 0 radical (unpaired) electrons. The van der Waals surface area contributed by atoms with E-state index in [4.69, 9.17) is 11.6 Å². The van der Waals surface area contributed by atoms with Gasteiger partial charge in [0.05, 0.1) is 6.04 Å². The second-order valence-electron chi connectivity index (χ2n) is 7.29. The Balaban J connectivity index is 1.87. The standard InChI is InChI=1S/C20H18ClF4N5/c1-9(2)7-14-15-11(12-8-10(21)3-4-13(12)26-15)5-6-30(14)20-28-18(16(22)23)27-19(29-20)17(24)25/h3-4,7-8,14,16-17,26H,5-6H2,1-2H3/t14-/m0/s1. The van der Waals surface area contributed by atoms with Crippen molar-refractivity contribution in [2.24, 2.45) is 0 Å². The molecule has 10 heteroatoms. The highest BCUT2D eigenvalue weighted by molar-refractivity contribution is 6.31. The third-order valence-electron chi connectivity index (χ3n) is 4.93. The normalized spacial score (nSPS) is 16.4. The van der Waals surface area contributed by atoms with Crippen molar-refractivity contribution in [3.05, 3.63) is 57.8 Å². The number of rotatable bonds is 4. The molecule has 1 aliphatic rings. The number of hydrogen-bond acceptors (Lipinski definition) is 4. The van der Waals surface area contributed by atoms with Gasteiger partial charge in [-0.1, -0.05) is 23.3 Å². The Morgan fingerprint density at radius 1 is 1.13 bits per heavy atom. The quantitative estimate of drug-likeness (QED) is 0.403. The monoisotopic (exact) mass is 439 g/mol. The fraction of sp³-hybridized carbons (Fsp3) is 0.350. The SMILES string of the molecule is CC(C)=C[C@H]1c2[nH]c3ccc(Cl)cc3c2CCN1c1nc(C(F)F)nc(C(F)F)n1. The van der Waals surface area contributed by atoms with Gasteiger partial charge in [-0.05, 0) is 44.0 Å². The van der Waals surface area contributed by atoms with Gasteiger partial charge in [-0.3, -0.25) is 0 Å². The summed E-state index contributed by atoms with van der Waals surface area (Å²) in [6.07, 6.45) is -3.70. The molecule has 4 rings (SSSR count). The van der Waals surface area contributed by atoms with Crippen LogP contribution in [-0.4, -0.2) is 26.5 Å². The third kappa shape index (κ3) is 3.74. The molecule has 5 nitrogen and oxygen atoms in total. The third-order valence-corrected chi connectivity index (χ3v) is 5.17. The number of aromatic amines is 1. The van der Waals surface area contributed by atoms with Gasteiger partial charge >= 0.3 is 0 Å². The van der Waals surface area contributed by atoms with E-state index < -0.39 is 30.5 Å². The number of halogens is 5. The van der Waals surface area contributed by atoms with E-state index in [1.54, 1.807) is 11.0 Å². The minimum Gasteiger partial charge on any atom is -0.356 e. The number of hydrogen-bond donors (Lipinski definition) is 1. The van der Waals surface area contributed by atoms with E-state index in [1.165, 1.54) is 0 Å². The van der Waals surface area contributed by atoms with Crippen molar-refractivity contribution in [2.45, 2.75) is 39.2 Å². The molecule has 3 heterocycles. The molecule has 0 saturated heterocycles. The molecular weight excluding hydrogens is 422 g/mol. The van der Waals surface area contributed by atoms with Crippen LogP contribution in [0, 0.1) is 0 Å². The van der Waals surface area contributed by atoms with Gasteiger partial charge in [-0.25, -0.2) is 22.5 Å². The van der Waals surface area contributed by atoms with Crippen molar-refractivity contribution in [3.63, 3.8) is 0 Å². The summed E-state index contributed by atoms with van der Waals surface area (Å²) in [5.41, 5.74) is 3.73. The minimum absolute atomic E-state index is 0.194. The van der Waals surface area contributed by atoms with E-state index in [1.807, 2.05) is 32.1 Å². The number of nitrogens with one attached hydrogen (secondary N) is 1. The zero-order valence-corrected chi connectivity index (χ0v) is 16.9. The number of H-pyrrole nitrogens is 1. The molecule has 0 unspecified atom stereocenters. The molecule has 0 aliphatic carbocycles. The molecule has 0 spiro atoms. The van der Waals surface area contributed by atoms with Crippen molar-refractivity contribution in [1.82, 2.24) is 19.9 Å². The molecule has 1 atom stereocenters. The van der Waals surface area contributed by atoms with E-state index in [-0.39, 0.29) is 5.95 Å². The van der Waals surface area contributed by atoms with Gasteiger partial charge in [0, 0.05) is 28.2 Å². The fourth-order valence-corrected chi connectivity index (χ4v) is 3.90. The van der Waals surface area contributed by atoms with E-state index in [2.05, 4.69) is 19.9 Å². The molecular formula is C20H18ClF4N5. The molecule has 0 amide bonds. The summed E-state index contributed by atoms with van der Waals surface area (Å²) in [5, 5.41) is 1.58. The highest BCUT2D eigenvalue weighted by Crippen LogP contribution is 2.38. The van der Waals surface area contributed by atoms with Gasteiger partial charge in [0.25, 0.3) is 12.9 Å². The molecule has 0 saturated carbocycles. The first-order valence-corrected chi connectivity index (χ1v) is 9.66. The fourth-order valence-electron chi connectivity index (χ4n) is 3.72. The van der Waals surface area contributed by atoms with E-state index in [9.17, 15) is 17.6 Å². The molecule has 158 valence electrons. The van der Waals surface area contributed by atoms with Crippen molar-refractivity contribution < 1.29 is 17.6 Å². The zero-order valence-electron chi connectivity index (χ0n) is 16.1. The topological polar surface area (TPSA) is 57.7 Å². The second kappa shape index (κ2) is 7.86. The summed E-state index contributed by atoms with van der Waals surface area (Å²) in [5.74, 6) is -2.11. The summed E-state index contributed by atoms with van der Waals surface area (Å²) in [4.78, 5) is 15.8. The van der Waals surface area contributed by atoms with Crippen molar-refractivity contribution >= 4 is 28.5 Å². The van der Waals surface area contributed by atoms with Gasteiger partial charge in [0.1, 0.15) is 0 Å². The molecule has 0 bridgehead atoms. The Bertz CT molecular complexity index is 1100. The van der Waals surface area contributed by atoms with Crippen LogP contribution < -0.4 is 4.90 Å². The second-order valence-corrected chi connectivity index (χ2v) is 7.73. The minimum atomic E-state index is -3.08. The number of benzene rings is 1. The van der Waals surface area contributed by atoms with Crippen LogP contribution in [0.1, 0.15) is 55.6 Å². The van der Waals surface area contributed by atoms with Crippen LogP contribution in [-0.2, 0) is 6.42 Å². The summed E-state index contributed by atoms with van der Waals surface area (Å²) < 4.78 is 52.9. The van der Waals surface area contributed by atoms with Crippen LogP contribution >= 0.6 is 11.6 Å². The van der Waals surface area contributed by atoms with Gasteiger partial charge in [-0.15, -0.1) is 0 Å². The average Bonchev–Trinajstić information content (AvgIpc) is 3.05. The van der Waals surface area contributed by atoms with Gasteiger partial charge < -0.3 is 9.88 Å². The lowest BCUT2D eigenvalue weighted by molar-refractivity contribution is 0.125. The highest BCUT2D eigenvalue weighted by Gasteiger charge is 2.32. The van der Waals surface area contributed by atoms with Gasteiger partial charge in [0.15, 0.2) is 0 Å². The highest BCUT2D eigenvalue weighted by atomic mass is 35.5. The van der Waals surface area contributed by atoms with Crippen LogP contribution in [0.25, 0.3) is 10.9 Å². The van der Waals surface area contributed by atoms with Gasteiger partial charge in [-0.2, -0.15) is 9.97 Å². The van der Waals surface area contributed by atoms with Crippen molar-refractivity contribution in [2.75, 3.05) is 11.4 Å². The predicted octanol–water partition coefficient (Wildman–Crippen LogP) is 5.95. The van der Waals surface area contributed by atoms with Crippen molar-refractivity contribution in [3.8, 4) is 0 Å². The number of aromatic nitrogens is 4. The summed E-state index contributed by atoms with van der Waals surface area (Å²) >= 11 is 6.15. The van der Waals surface area contributed by atoms with Crippen LogP contribution in [0.2, 0.25) is 5.02 Å². The van der Waals surface area contributed by atoms with Crippen LogP contribution in [0.15, 0.2) is 29.8 Å². The molecule has 2 aromatic heterocycles. The zero-order chi connectivity index (χ0) is 21.6. The smallest absolute Gasteiger partial charge is 0.297 e. The molecule has 1 N–H and O–H groups in total. The lowest BCUT2D eigenvalue weighted by Gasteiger charge is -2.34. The largest absolute Gasteiger partial charge is 0.356 e. The Hall–Kier alpha value is -2.68. The van der Waals surface area contributed by atoms with Crippen LogP contribution in [0.3, 0.4) is 0 Å². The lowest BCUT2D eigenvalue weighted by Crippen LogP contribution is -2.36. The molecule has 3 aromatic rings. The van der Waals surface area contributed by atoms with Crippen LogP contribution in [0.5, 0.6) is 0 Å². The van der Waals surface area contributed by atoms with Crippen molar-refractivity contribution in [1.29, 1.82) is 0 Å². The van der Waals surface area contributed by atoms with E-state index in [0.29, 0.717) is 18.0 Å².